The highest BCUT2D eigenvalue weighted by molar-refractivity contribution is 5.43. The fourth-order valence-corrected chi connectivity index (χ4v) is 2.36. The van der Waals surface area contributed by atoms with Gasteiger partial charge in [-0.15, -0.1) is 0 Å². The van der Waals surface area contributed by atoms with Crippen LogP contribution in [0.4, 0.5) is 5.82 Å². The summed E-state index contributed by atoms with van der Waals surface area (Å²) in [5.74, 6) is 1.48. The molecule has 2 N–H and O–H groups in total. The van der Waals surface area contributed by atoms with Crippen LogP contribution in [0.1, 0.15) is 29.9 Å². The van der Waals surface area contributed by atoms with E-state index in [1.165, 1.54) is 18.4 Å². The number of nitrogens with zero attached hydrogens (tertiary/aromatic N) is 3. The number of aromatic nitrogens is 2. The Morgan fingerprint density at radius 1 is 1.33 bits per heavy atom. The van der Waals surface area contributed by atoms with Crippen molar-refractivity contribution >= 4 is 5.82 Å². The van der Waals surface area contributed by atoms with Crippen LogP contribution in [0.3, 0.4) is 0 Å². The highest BCUT2D eigenvalue weighted by Gasteiger charge is 2.32. The van der Waals surface area contributed by atoms with Crippen LogP contribution >= 0.6 is 0 Å². The molecule has 4 heteroatoms. The zero-order valence-corrected chi connectivity index (χ0v) is 9.03. The Morgan fingerprint density at radius 3 is 2.87 bits per heavy atom. The smallest absolute Gasteiger partial charge is 0.130 e. The summed E-state index contributed by atoms with van der Waals surface area (Å²) in [5, 5.41) is 0. The van der Waals surface area contributed by atoms with E-state index >= 15 is 0 Å². The molecule has 2 aliphatic rings. The summed E-state index contributed by atoms with van der Waals surface area (Å²) in [6.45, 7) is 3.99. The quantitative estimate of drug-likeness (QED) is 0.738. The van der Waals surface area contributed by atoms with Crippen molar-refractivity contribution in [3.63, 3.8) is 0 Å². The molecule has 1 saturated carbocycles. The maximum absolute atomic E-state index is 5.91. The van der Waals surface area contributed by atoms with Crippen molar-refractivity contribution in [2.45, 2.75) is 38.8 Å². The number of aryl methyl sites for hydroxylation is 1. The zero-order valence-electron chi connectivity index (χ0n) is 9.03. The number of hydrogen-bond acceptors (Lipinski definition) is 4. The van der Waals surface area contributed by atoms with E-state index < -0.39 is 0 Å². The van der Waals surface area contributed by atoms with Gasteiger partial charge in [-0.25, -0.2) is 9.97 Å². The Morgan fingerprint density at radius 2 is 2.13 bits per heavy atom. The third-order valence-corrected chi connectivity index (χ3v) is 3.30. The lowest BCUT2D eigenvalue weighted by Gasteiger charge is -2.28. The number of anilines is 1. The van der Waals surface area contributed by atoms with Gasteiger partial charge in [-0.2, -0.15) is 0 Å². The van der Waals surface area contributed by atoms with Crippen molar-refractivity contribution < 1.29 is 0 Å². The minimum Gasteiger partial charge on any atom is -0.383 e. The van der Waals surface area contributed by atoms with E-state index in [0.29, 0.717) is 5.82 Å². The predicted octanol–water partition coefficient (Wildman–Crippen LogP) is 0.888. The van der Waals surface area contributed by atoms with Gasteiger partial charge in [-0.3, -0.25) is 4.90 Å². The number of hydrogen-bond donors (Lipinski definition) is 1. The van der Waals surface area contributed by atoms with Crippen molar-refractivity contribution in [1.29, 1.82) is 0 Å². The fourth-order valence-electron chi connectivity index (χ4n) is 2.36. The molecule has 0 radical (unpaired) electrons. The summed E-state index contributed by atoms with van der Waals surface area (Å²) in [7, 11) is 0. The van der Waals surface area contributed by atoms with Gasteiger partial charge in [0.1, 0.15) is 11.6 Å². The average Bonchev–Trinajstić information content (AvgIpc) is 2.99. The van der Waals surface area contributed by atoms with E-state index in [0.717, 1.165) is 37.1 Å². The SMILES string of the molecule is Cc1nc(N)c2c(n1)CN(C1CC1)CC2. The third kappa shape index (κ3) is 1.59. The predicted molar refractivity (Wildman–Crippen MR) is 58.3 cm³/mol. The van der Waals surface area contributed by atoms with Crippen LogP contribution in [0.2, 0.25) is 0 Å². The summed E-state index contributed by atoms with van der Waals surface area (Å²) in [5.41, 5.74) is 8.24. The second-order valence-electron chi connectivity index (χ2n) is 4.53. The molecule has 1 aromatic rings. The van der Waals surface area contributed by atoms with Gasteiger partial charge in [0.05, 0.1) is 5.69 Å². The molecular weight excluding hydrogens is 188 g/mol. The first-order valence-corrected chi connectivity index (χ1v) is 5.60. The molecule has 0 saturated heterocycles. The zero-order chi connectivity index (χ0) is 10.4. The van der Waals surface area contributed by atoms with Crippen LogP contribution < -0.4 is 5.73 Å². The monoisotopic (exact) mass is 204 g/mol. The molecule has 0 spiro atoms. The maximum Gasteiger partial charge on any atom is 0.130 e. The topological polar surface area (TPSA) is 55.0 Å². The van der Waals surface area contributed by atoms with E-state index in [4.69, 9.17) is 5.73 Å². The summed E-state index contributed by atoms with van der Waals surface area (Å²) in [6.07, 6.45) is 3.72. The molecule has 4 nitrogen and oxygen atoms in total. The van der Waals surface area contributed by atoms with Gasteiger partial charge in [0.15, 0.2) is 0 Å². The molecule has 1 aliphatic carbocycles. The minimum atomic E-state index is 0.688. The van der Waals surface area contributed by atoms with Crippen molar-refractivity contribution in [2.24, 2.45) is 0 Å². The molecule has 1 fully saturated rings. The maximum atomic E-state index is 5.91. The molecular formula is C11H16N4. The van der Waals surface area contributed by atoms with Gasteiger partial charge in [-0.1, -0.05) is 0 Å². The summed E-state index contributed by atoms with van der Waals surface area (Å²) in [6, 6.07) is 0.814. The Balaban J connectivity index is 1.93. The van der Waals surface area contributed by atoms with E-state index in [9.17, 15) is 0 Å². The van der Waals surface area contributed by atoms with E-state index in [-0.39, 0.29) is 0 Å². The highest BCUT2D eigenvalue weighted by atomic mass is 15.2. The fraction of sp³-hybridized carbons (Fsp3) is 0.636. The van der Waals surface area contributed by atoms with Gasteiger partial charge in [0, 0.05) is 24.7 Å². The summed E-state index contributed by atoms with van der Waals surface area (Å²) >= 11 is 0. The Labute approximate surface area is 89.5 Å². The van der Waals surface area contributed by atoms with Crippen LogP contribution in [0.15, 0.2) is 0 Å². The van der Waals surface area contributed by atoms with E-state index in [1.807, 2.05) is 6.92 Å². The Hall–Kier alpha value is -1.16. The first-order valence-electron chi connectivity index (χ1n) is 5.60. The van der Waals surface area contributed by atoms with Crippen molar-refractivity contribution in [3.8, 4) is 0 Å². The van der Waals surface area contributed by atoms with Gasteiger partial charge in [0.2, 0.25) is 0 Å². The average molecular weight is 204 g/mol. The normalized spacial score (nSPS) is 21.4. The highest BCUT2D eigenvalue weighted by Crippen LogP contribution is 2.31. The lowest BCUT2D eigenvalue weighted by Crippen LogP contribution is -2.33. The van der Waals surface area contributed by atoms with Crippen molar-refractivity contribution in [2.75, 3.05) is 12.3 Å². The molecule has 0 unspecified atom stereocenters. The molecule has 80 valence electrons. The Kier molecular flexibility index (Phi) is 1.92. The van der Waals surface area contributed by atoms with E-state index in [2.05, 4.69) is 14.9 Å². The van der Waals surface area contributed by atoms with Crippen molar-refractivity contribution in [3.05, 3.63) is 17.1 Å². The number of rotatable bonds is 1. The minimum absolute atomic E-state index is 0.688. The second-order valence-corrected chi connectivity index (χ2v) is 4.53. The van der Waals surface area contributed by atoms with Crippen LogP contribution in [0, 0.1) is 6.92 Å². The molecule has 0 aromatic carbocycles. The molecule has 0 amide bonds. The van der Waals surface area contributed by atoms with Crippen LogP contribution in [0.5, 0.6) is 0 Å². The number of fused-ring (bicyclic) bond motifs is 1. The van der Waals surface area contributed by atoms with Gasteiger partial charge in [0.25, 0.3) is 0 Å². The standard InChI is InChI=1S/C11H16N4/c1-7-13-10-6-15(8-2-3-8)5-4-9(10)11(12)14-7/h8H,2-6H2,1H3,(H2,12,13,14). The lowest BCUT2D eigenvalue weighted by atomic mass is 10.1. The first-order chi connectivity index (χ1) is 7.24. The number of nitrogen functional groups attached to an aromatic ring is 1. The van der Waals surface area contributed by atoms with Crippen LogP contribution in [-0.4, -0.2) is 27.5 Å². The lowest BCUT2D eigenvalue weighted by molar-refractivity contribution is 0.239. The third-order valence-electron chi connectivity index (χ3n) is 3.30. The Bertz CT molecular complexity index is 398. The van der Waals surface area contributed by atoms with Gasteiger partial charge in [-0.05, 0) is 26.2 Å². The molecule has 3 rings (SSSR count). The summed E-state index contributed by atoms with van der Waals surface area (Å²) in [4.78, 5) is 11.2. The van der Waals surface area contributed by atoms with Crippen LogP contribution in [0.25, 0.3) is 0 Å². The molecule has 0 bridgehead atoms. The molecule has 1 aliphatic heterocycles. The van der Waals surface area contributed by atoms with E-state index in [1.54, 1.807) is 0 Å². The largest absolute Gasteiger partial charge is 0.383 e. The van der Waals surface area contributed by atoms with Crippen LogP contribution in [-0.2, 0) is 13.0 Å². The molecule has 15 heavy (non-hydrogen) atoms. The molecule has 0 atom stereocenters. The van der Waals surface area contributed by atoms with Gasteiger partial charge >= 0.3 is 0 Å². The summed E-state index contributed by atoms with van der Waals surface area (Å²) < 4.78 is 0. The first kappa shape index (κ1) is 9.09. The number of nitrogens with two attached hydrogens (primary N) is 1. The van der Waals surface area contributed by atoms with Gasteiger partial charge < -0.3 is 5.73 Å². The molecule has 2 heterocycles. The van der Waals surface area contributed by atoms with Crippen molar-refractivity contribution in [1.82, 2.24) is 14.9 Å². The second kappa shape index (κ2) is 3.17. The molecule has 1 aromatic heterocycles.